The standard InChI is InChI=1S/C28H32OS.C10H14BFO3/c1-26(2,3)21-12-16-23(17-13-21)28(30,25(29)20-10-8-7-9-11-20)24-18-14-22(15-19-24)27(4,5)6;1-3-8(2)14-11(13)15-10-6-4-9(12)5-7-10/h7-19,30H,1-6H3;4-8,13H,3H2,1-2H3. The number of Topliss-reactive ketones (excluding diaryl/α,β-unsaturated/α-hetero) is 1. The molecule has 4 rings (SSSR count). The first-order valence-electron chi connectivity index (χ1n) is 15.4. The van der Waals surface area contributed by atoms with Gasteiger partial charge in [-0.3, -0.25) is 4.79 Å². The van der Waals surface area contributed by atoms with Crippen molar-refractivity contribution in [2.45, 2.75) is 83.5 Å². The molecule has 0 radical (unpaired) electrons. The van der Waals surface area contributed by atoms with E-state index in [4.69, 9.17) is 21.9 Å². The van der Waals surface area contributed by atoms with Gasteiger partial charge in [0.25, 0.3) is 0 Å². The Morgan fingerprint density at radius 2 is 1.18 bits per heavy atom. The highest BCUT2D eigenvalue weighted by atomic mass is 32.1. The van der Waals surface area contributed by atoms with Crippen LogP contribution in [0.5, 0.6) is 5.75 Å². The molecule has 0 heterocycles. The number of thiol groups is 1. The van der Waals surface area contributed by atoms with E-state index < -0.39 is 12.1 Å². The van der Waals surface area contributed by atoms with Crippen LogP contribution in [0.25, 0.3) is 0 Å². The van der Waals surface area contributed by atoms with Crippen molar-refractivity contribution in [3.63, 3.8) is 0 Å². The number of rotatable bonds is 9. The third-order valence-electron chi connectivity index (χ3n) is 7.68. The topological polar surface area (TPSA) is 55.8 Å². The van der Waals surface area contributed by atoms with Gasteiger partial charge in [-0.05, 0) is 70.7 Å². The largest absolute Gasteiger partial charge is 0.710 e. The predicted molar refractivity (Wildman–Crippen MR) is 187 cm³/mol. The molecule has 0 aliphatic carbocycles. The molecule has 0 aliphatic rings. The van der Waals surface area contributed by atoms with Crippen LogP contribution in [0.3, 0.4) is 0 Å². The molecule has 0 aromatic heterocycles. The molecule has 45 heavy (non-hydrogen) atoms. The molecule has 0 saturated heterocycles. The van der Waals surface area contributed by atoms with Crippen molar-refractivity contribution < 1.29 is 23.5 Å². The maximum atomic E-state index is 13.8. The molecule has 0 aliphatic heterocycles. The van der Waals surface area contributed by atoms with E-state index in [1.165, 1.54) is 35.4 Å². The lowest BCUT2D eigenvalue weighted by molar-refractivity contribution is 0.0960. The summed E-state index contributed by atoms with van der Waals surface area (Å²) in [5.41, 5.74) is 5.00. The van der Waals surface area contributed by atoms with Crippen LogP contribution in [-0.4, -0.2) is 24.2 Å². The molecule has 1 N–H and O–H groups in total. The second-order valence-electron chi connectivity index (χ2n) is 13.3. The normalized spacial score (nSPS) is 12.5. The smallest absolute Gasteiger partial charge is 0.512 e. The van der Waals surface area contributed by atoms with Crippen LogP contribution >= 0.6 is 12.6 Å². The minimum Gasteiger partial charge on any atom is -0.512 e. The second-order valence-corrected chi connectivity index (χ2v) is 14.0. The third-order valence-corrected chi connectivity index (χ3v) is 8.40. The van der Waals surface area contributed by atoms with Crippen molar-refractivity contribution in [3.8, 4) is 5.75 Å². The first-order valence-corrected chi connectivity index (χ1v) is 15.8. The van der Waals surface area contributed by atoms with Crippen molar-refractivity contribution in [1.82, 2.24) is 0 Å². The summed E-state index contributed by atoms with van der Waals surface area (Å²) in [5, 5.41) is 9.34. The summed E-state index contributed by atoms with van der Waals surface area (Å²) in [7, 11) is -1.31. The fraction of sp³-hybridized carbons (Fsp3) is 0.342. The zero-order chi connectivity index (χ0) is 33.4. The molecule has 0 saturated carbocycles. The number of carbonyl (C=O) groups excluding carboxylic acids is 1. The second kappa shape index (κ2) is 15.3. The Morgan fingerprint density at radius 1 is 0.756 bits per heavy atom. The maximum absolute atomic E-state index is 13.8. The lowest BCUT2D eigenvalue weighted by Gasteiger charge is -2.30. The van der Waals surface area contributed by atoms with Crippen molar-refractivity contribution >= 4 is 25.7 Å². The maximum Gasteiger partial charge on any atom is 0.710 e. The Hall–Kier alpha value is -3.39. The number of halogens is 1. The van der Waals surface area contributed by atoms with E-state index in [2.05, 4.69) is 65.8 Å². The van der Waals surface area contributed by atoms with Gasteiger partial charge in [0.2, 0.25) is 0 Å². The van der Waals surface area contributed by atoms with Crippen LogP contribution in [-0.2, 0) is 20.2 Å². The van der Waals surface area contributed by atoms with Gasteiger partial charge in [-0.15, -0.1) is 0 Å². The van der Waals surface area contributed by atoms with Crippen molar-refractivity contribution in [2.24, 2.45) is 0 Å². The van der Waals surface area contributed by atoms with Crippen molar-refractivity contribution in [1.29, 1.82) is 0 Å². The molecule has 0 amide bonds. The van der Waals surface area contributed by atoms with E-state index in [9.17, 15) is 14.2 Å². The zero-order valence-corrected chi connectivity index (χ0v) is 28.6. The number of ketones is 1. The van der Waals surface area contributed by atoms with Gasteiger partial charge in [0.1, 0.15) is 16.3 Å². The highest BCUT2D eigenvalue weighted by Gasteiger charge is 2.39. The van der Waals surface area contributed by atoms with Gasteiger partial charge in [0.15, 0.2) is 5.78 Å². The number of benzene rings is 4. The molecule has 0 fully saturated rings. The number of carbonyl (C=O) groups is 1. The van der Waals surface area contributed by atoms with Crippen molar-refractivity contribution in [2.75, 3.05) is 0 Å². The summed E-state index contributed by atoms with van der Waals surface area (Å²) in [6.07, 6.45) is 0.699. The molecular weight excluding hydrogens is 582 g/mol. The molecule has 1 atom stereocenters. The molecule has 1 unspecified atom stereocenters. The van der Waals surface area contributed by atoms with Gasteiger partial charge in [-0.2, -0.15) is 12.6 Å². The van der Waals surface area contributed by atoms with Crippen LogP contribution in [0.1, 0.15) is 94.4 Å². The summed E-state index contributed by atoms with van der Waals surface area (Å²) in [4.78, 5) is 13.8. The zero-order valence-electron chi connectivity index (χ0n) is 27.7. The van der Waals surface area contributed by atoms with E-state index >= 15 is 0 Å². The fourth-order valence-electron chi connectivity index (χ4n) is 4.60. The van der Waals surface area contributed by atoms with Crippen LogP contribution in [0.2, 0.25) is 0 Å². The molecule has 0 spiro atoms. The average Bonchev–Trinajstić information content (AvgIpc) is 3.01. The van der Waals surface area contributed by atoms with Crippen LogP contribution < -0.4 is 4.65 Å². The van der Waals surface area contributed by atoms with Gasteiger partial charge in [0.05, 0.1) is 0 Å². The Morgan fingerprint density at radius 3 is 1.58 bits per heavy atom. The summed E-state index contributed by atoms with van der Waals surface area (Å²) in [6.45, 7) is 16.9. The minimum absolute atomic E-state index is 0.0153. The molecule has 4 nitrogen and oxygen atoms in total. The molecule has 238 valence electrons. The van der Waals surface area contributed by atoms with Gasteiger partial charge in [0, 0.05) is 11.7 Å². The summed E-state index contributed by atoms with van der Waals surface area (Å²) >= 11 is 5.07. The van der Waals surface area contributed by atoms with Gasteiger partial charge < -0.3 is 14.3 Å². The molecule has 4 aromatic carbocycles. The number of hydrogen-bond donors (Lipinski definition) is 2. The lowest BCUT2D eigenvalue weighted by atomic mass is 9.79. The summed E-state index contributed by atoms with van der Waals surface area (Å²) < 4.78 is 21.6. The molecule has 0 bridgehead atoms. The Balaban J connectivity index is 0.000000309. The lowest BCUT2D eigenvalue weighted by Crippen LogP contribution is -2.32. The average molecular weight is 629 g/mol. The highest BCUT2D eigenvalue weighted by molar-refractivity contribution is 7.82. The van der Waals surface area contributed by atoms with Crippen molar-refractivity contribution in [3.05, 3.63) is 137 Å². The molecule has 4 aromatic rings. The van der Waals surface area contributed by atoms with Gasteiger partial charge >= 0.3 is 7.32 Å². The first kappa shape index (κ1) is 36.1. The third kappa shape index (κ3) is 9.80. The first-order chi connectivity index (χ1) is 21.0. The fourth-order valence-corrected chi connectivity index (χ4v) is 5.03. The Labute approximate surface area is 274 Å². The van der Waals surface area contributed by atoms with Gasteiger partial charge in [-0.1, -0.05) is 127 Å². The summed E-state index contributed by atoms with van der Waals surface area (Å²) in [6, 6.07) is 31.5. The highest BCUT2D eigenvalue weighted by Crippen LogP contribution is 2.41. The van der Waals surface area contributed by atoms with E-state index in [0.29, 0.717) is 11.3 Å². The molecular formula is C38H46BFO4S. The quantitative estimate of drug-likeness (QED) is 0.110. The van der Waals surface area contributed by atoms with Crippen LogP contribution in [0.4, 0.5) is 4.39 Å². The van der Waals surface area contributed by atoms with Crippen LogP contribution in [0, 0.1) is 5.82 Å². The van der Waals surface area contributed by atoms with Gasteiger partial charge in [-0.25, -0.2) is 4.39 Å². The Bertz CT molecular complexity index is 1440. The van der Waals surface area contributed by atoms with E-state index in [-0.39, 0.29) is 28.5 Å². The van der Waals surface area contributed by atoms with E-state index in [0.717, 1.165) is 17.5 Å². The Kier molecular flexibility index (Phi) is 12.2. The predicted octanol–water partition coefficient (Wildman–Crippen LogP) is 9.33. The SMILES string of the molecule is CC(C)(C)c1ccc(C(S)(C(=O)c2ccccc2)c2ccc(C(C)(C)C)cc2)cc1.CCC(C)OB(O)Oc1ccc(F)cc1. The molecule has 7 heteroatoms. The number of hydrogen-bond acceptors (Lipinski definition) is 5. The van der Waals surface area contributed by atoms with E-state index in [1.807, 2.05) is 68.4 Å². The monoisotopic (exact) mass is 628 g/mol. The van der Waals surface area contributed by atoms with E-state index in [1.54, 1.807) is 0 Å². The summed E-state index contributed by atoms with van der Waals surface area (Å²) in [5.74, 6) is 0.00494. The van der Waals surface area contributed by atoms with Crippen LogP contribution in [0.15, 0.2) is 103 Å². The minimum atomic E-state index is -1.31.